The molecule has 0 aliphatic carbocycles. The standard InChI is InChI=1S/C17H20BrN3O2/c1-3-23-16-14(7-5-9-19-16)11-20-17(22)21-12(2)13-6-4-8-15(18)10-13/h4-10,12H,3,11H2,1-2H3,(H2,20,21,22). The Balaban J connectivity index is 1.90. The van der Waals surface area contributed by atoms with Gasteiger partial charge in [-0.1, -0.05) is 34.1 Å². The van der Waals surface area contributed by atoms with E-state index >= 15 is 0 Å². The van der Waals surface area contributed by atoms with Crippen LogP contribution in [-0.4, -0.2) is 17.6 Å². The lowest BCUT2D eigenvalue weighted by Gasteiger charge is -2.16. The lowest BCUT2D eigenvalue weighted by Crippen LogP contribution is -2.36. The number of ether oxygens (including phenoxy) is 1. The second-order valence-corrected chi connectivity index (χ2v) is 5.92. The molecule has 1 heterocycles. The molecular weight excluding hydrogens is 358 g/mol. The number of carbonyl (C=O) groups is 1. The summed E-state index contributed by atoms with van der Waals surface area (Å²) >= 11 is 3.43. The van der Waals surface area contributed by atoms with Crippen LogP contribution in [-0.2, 0) is 6.54 Å². The van der Waals surface area contributed by atoms with Gasteiger partial charge in [0.15, 0.2) is 0 Å². The number of nitrogens with zero attached hydrogens (tertiary/aromatic N) is 1. The Morgan fingerprint density at radius 2 is 2.17 bits per heavy atom. The van der Waals surface area contributed by atoms with Gasteiger partial charge >= 0.3 is 6.03 Å². The van der Waals surface area contributed by atoms with Gasteiger partial charge in [-0.25, -0.2) is 9.78 Å². The molecule has 2 N–H and O–H groups in total. The summed E-state index contributed by atoms with van der Waals surface area (Å²) in [5, 5.41) is 5.74. The number of benzene rings is 1. The topological polar surface area (TPSA) is 63.2 Å². The predicted octanol–water partition coefficient (Wildman–Crippen LogP) is 3.80. The first-order valence-corrected chi connectivity index (χ1v) is 8.26. The number of hydrogen-bond donors (Lipinski definition) is 2. The lowest BCUT2D eigenvalue weighted by atomic mass is 10.1. The minimum atomic E-state index is -0.233. The average Bonchev–Trinajstić information content (AvgIpc) is 2.54. The van der Waals surface area contributed by atoms with Gasteiger partial charge in [-0.05, 0) is 37.6 Å². The zero-order chi connectivity index (χ0) is 16.7. The number of aromatic nitrogens is 1. The molecule has 23 heavy (non-hydrogen) atoms. The normalized spacial score (nSPS) is 11.6. The van der Waals surface area contributed by atoms with Crippen molar-refractivity contribution in [1.82, 2.24) is 15.6 Å². The Bertz CT molecular complexity index is 664. The van der Waals surface area contributed by atoms with Gasteiger partial charge in [0, 0.05) is 22.8 Å². The molecule has 0 saturated carbocycles. The summed E-state index contributed by atoms with van der Waals surface area (Å²) in [6.45, 7) is 4.74. The molecule has 6 heteroatoms. The summed E-state index contributed by atoms with van der Waals surface area (Å²) in [5.74, 6) is 0.551. The van der Waals surface area contributed by atoms with Crippen molar-refractivity contribution < 1.29 is 9.53 Å². The minimum Gasteiger partial charge on any atom is -0.478 e. The Hall–Kier alpha value is -2.08. The lowest BCUT2D eigenvalue weighted by molar-refractivity contribution is 0.237. The number of carbonyl (C=O) groups excluding carboxylic acids is 1. The van der Waals surface area contributed by atoms with E-state index < -0.39 is 0 Å². The van der Waals surface area contributed by atoms with Crippen LogP contribution in [0.2, 0.25) is 0 Å². The molecule has 0 radical (unpaired) electrons. The van der Waals surface area contributed by atoms with E-state index in [4.69, 9.17) is 4.74 Å². The second kappa shape index (κ2) is 8.53. The fraction of sp³-hybridized carbons (Fsp3) is 0.294. The van der Waals surface area contributed by atoms with Crippen molar-refractivity contribution in [1.29, 1.82) is 0 Å². The Morgan fingerprint density at radius 1 is 1.35 bits per heavy atom. The molecule has 1 unspecified atom stereocenters. The molecule has 5 nitrogen and oxygen atoms in total. The van der Waals surface area contributed by atoms with Crippen LogP contribution < -0.4 is 15.4 Å². The van der Waals surface area contributed by atoms with E-state index in [1.807, 2.05) is 50.2 Å². The molecule has 0 spiro atoms. The molecule has 0 bridgehead atoms. The number of halogens is 1. The van der Waals surface area contributed by atoms with Crippen molar-refractivity contribution in [3.05, 3.63) is 58.2 Å². The van der Waals surface area contributed by atoms with E-state index in [-0.39, 0.29) is 12.1 Å². The number of urea groups is 1. The third kappa shape index (κ3) is 5.25. The maximum atomic E-state index is 12.1. The minimum absolute atomic E-state index is 0.0900. The average molecular weight is 378 g/mol. The molecule has 0 aliphatic heterocycles. The molecule has 0 saturated heterocycles. The highest BCUT2D eigenvalue weighted by Crippen LogP contribution is 2.18. The molecule has 0 fully saturated rings. The highest BCUT2D eigenvalue weighted by molar-refractivity contribution is 9.10. The van der Waals surface area contributed by atoms with Crippen LogP contribution in [0, 0.1) is 0 Å². The number of amides is 2. The molecule has 2 aromatic rings. The van der Waals surface area contributed by atoms with Crippen LogP contribution in [0.5, 0.6) is 5.88 Å². The summed E-state index contributed by atoms with van der Waals surface area (Å²) in [4.78, 5) is 16.2. The Labute approximate surface area is 144 Å². The van der Waals surface area contributed by atoms with E-state index in [1.54, 1.807) is 6.20 Å². The summed E-state index contributed by atoms with van der Waals surface area (Å²) in [5.41, 5.74) is 1.88. The van der Waals surface area contributed by atoms with E-state index in [0.717, 1.165) is 15.6 Å². The first kappa shape index (κ1) is 17.3. The largest absolute Gasteiger partial charge is 0.478 e. The molecule has 1 aromatic carbocycles. The van der Waals surface area contributed by atoms with Crippen LogP contribution in [0.25, 0.3) is 0 Å². The summed E-state index contributed by atoms with van der Waals surface area (Å²) < 4.78 is 6.43. The van der Waals surface area contributed by atoms with Crippen LogP contribution in [0.1, 0.15) is 31.0 Å². The number of rotatable bonds is 6. The summed E-state index contributed by atoms with van der Waals surface area (Å²) in [6, 6.07) is 11.2. The monoisotopic (exact) mass is 377 g/mol. The predicted molar refractivity (Wildman–Crippen MR) is 93.3 cm³/mol. The Kier molecular flexibility index (Phi) is 6.40. The van der Waals surface area contributed by atoms with E-state index in [0.29, 0.717) is 19.0 Å². The third-order valence-corrected chi connectivity index (χ3v) is 3.76. The van der Waals surface area contributed by atoms with Gasteiger partial charge in [-0.3, -0.25) is 0 Å². The molecule has 2 rings (SSSR count). The van der Waals surface area contributed by atoms with Gasteiger partial charge in [0.05, 0.1) is 12.6 Å². The van der Waals surface area contributed by atoms with Gasteiger partial charge in [0.2, 0.25) is 5.88 Å². The fourth-order valence-corrected chi connectivity index (χ4v) is 2.52. The Morgan fingerprint density at radius 3 is 2.91 bits per heavy atom. The van der Waals surface area contributed by atoms with Crippen molar-refractivity contribution in [3.63, 3.8) is 0 Å². The van der Waals surface area contributed by atoms with E-state index in [2.05, 4.69) is 31.5 Å². The highest BCUT2D eigenvalue weighted by Gasteiger charge is 2.11. The van der Waals surface area contributed by atoms with Crippen molar-refractivity contribution in [3.8, 4) is 5.88 Å². The van der Waals surface area contributed by atoms with Crippen LogP contribution >= 0.6 is 15.9 Å². The maximum absolute atomic E-state index is 12.1. The number of hydrogen-bond acceptors (Lipinski definition) is 3. The number of nitrogens with one attached hydrogen (secondary N) is 2. The third-order valence-electron chi connectivity index (χ3n) is 3.27. The fourth-order valence-electron chi connectivity index (χ4n) is 2.11. The maximum Gasteiger partial charge on any atom is 0.315 e. The summed E-state index contributed by atoms with van der Waals surface area (Å²) in [7, 11) is 0. The quantitative estimate of drug-likeness (QED) is 0.804. The van der Waals surface area contributed by atoms with Crippen LogP contribution in [0.3, 0.4) is 0 Å². The first-order valence-electron chi connectivity index (χ1n) is 7.46. The van der Waals surface area contributed by atoms with Crippen LogP contribution in [0.4, 0.5) is 4.79 Å². The number of pyridine rings is 1. The molecular formula is C17H20BrN3O2. The van der Waals surface area contributed by atoms with Gasteiger partial charge in [-0.15, -0.1) is 0 Å². The van der Waals surface area contributed by atoms with Crippen molar-refractivity contribution in [2.24, 2.45) is 0 Å². The van der Waals surface area contributed by atoms with Gasteiger partial charge in [-0.2, -0.15) is 0 Å². The molecule has 0 aliphatic rings. The SMILES string of the molecule is CCOc1ncccc1CNC(=O)NC(C)c1cccc(Br)c1. The molecule has 1 aromatic heterocycles. The van der Waals surface area contributed by atoms with Gasteiger partial charge in [0.25, 0.3) is 0 Å². The zero-order valence-corrected chi connectivity index (χ0v) is 14.8. The highest BCUT2D eigenvalue weighted by atomic mass is 79.9. The van der Waals surface area contributed by atoms with Gasteiger partial charge in [0.1, 0.15) is 0 Å². The summed E-state index contributed by atoms with van der Waals surface area (Å²) in [6.07, 6.45) is 1.67. The van der Waals surface area contributed by atoms with Gasteiger partial charge < -0.3 is 15.4 Å². The second-order valence-electron chi connectivity index (χ2n) is 5.00. The van der Waals surface area contributed by atoms with E-state index in [1.165, 1.54) is 0 Å². The van der Waals surface area contributed by atoms with Crippen molar-refractivity contribution in [2.75, 3.05) is 6.61 Å². The smallest absolute Gasteiger partial charge is 0.315 e. The van der Waals surface area contributed by atoms with Crippen LogP contribution in [0.15, 0.2) is 47.1 Å². The molecule has 2 amide bonds. The first-order chi connectivity index (χ1) is 11.1. The van der Waals surface area contributed by atoms with E-state index in [9.17, 15) is 4.79 Å². The van der Waals surface area contributed by atoms with Crippen molar-refractivity contribution in [2.45, 2.75) is 26.4 Å². The molecule has 1 atom stereocenters. The zero-order valence-electron chi connectivity index (χ0n) is 13.2. The van der Waals surface area contributed by atoms with Crippen molar-refractivity contribution >= 4 is 22.0 Å². The molecule has 122 valence electrons.